The van der Waals surface area contributed by atoms with Crippen LogP contribution in [0.2, 0.25) is 0 Å². The molecule has 1 aromatic rings. The predicted molar refractivity (Wildman–Crippen MR) is 82.5 cm³/mol. The Balaban J connectivity index is 2.04. The van der Waals surface area contributed by atoms with Gasteiger partial charge in [0.25, 0.3) is 5.56 Å². The molecule has 1 fully saturated rings. The molecular weight excluding hydrogens is 306 g/mol. The Morgan fingerprint density at radius 2 is 2.04 bits per heavy atom. The van der Waals surface area contributed by atoms with E-state index in [0.29, 0.717) is 17.5 Å². The van der Waals surface area contributed by atoms with Gasteiger partial charge in [-0.15, -0.1) is 0 Å². The van der Waals surface area contributed by atoms with Crippen LogP contribution in [0, 0.1) is 0 Å². The van der Waals surface area contributed by atoms with Crippen molar-refractivity contribution in [2.75, 3.05) is 42.5 Å². The van der Waals surface area contributed by atoms with E-state index in [0.717, 1.165) is 0 Å². The molecule has 23 heavy (non-hydrogen) atoms. The van der Waals surface area contributed by atoms with Crippen LogP contribution in [-0.4, -0.2) is 76.8 Å². The number of aromatic nitrogens is 2. The van der Waals surface area contributed by atoms with Gasteiger partial charge in [-0.2, -0.15) is 4.98 Å². The summed E-state index contributed by atoms with van der Waals surface area (Å²) in [5.41, 5.74) is 0.167. The minimum absolute atomic E-state index is 0.226. The van der Waals surface area contributed by atoms with Gasteiger partial charge in [0, 0.05) is 21.1 Å². The summed E-state index contributed by atoms with van der Waals surface area (Å²) in [6.45, 7) is -0.131. The smallest absolute Gasteiger partial charge is 0.280 e. The number of aliphatic hydroxyl groups is 3. The number of anilines is 3. The summed E-state index contributed by atoms with van der Waals surface area (Å²) < 4.78 is 6.95. The molecule has 10 heteroatoms. The summed E-state index contributed by atoms with van der Waals surface area (Å²) in [5, 5.41) is 32.2. The highest BCUT2D eigenvalue weighted by molar-refractivity contribution is 5.73. The van der Waals surface area contributed by atoms with Crippen molar-refractivity contribution in [1.82, 2.24) is 9.55 Å². The van der Waals surface area contributed by atoms with Gasteiger partial charge >= 0.3 is 0 Å². The van der Waals surface area contributed by atoms with E-state index in [1.165, 1.54) is 4.57 Å². The number of nitrogens with zero attached hydrogens (tertiary/aromatic N) is 4. The largest absolute Gasteiger partial charge is 0.394 e. The van der Waals surface area contributed by atoms with Crippen LogP contribution in [0.25, 0.3) is 0 Å². The van der Waals surface area contributed by atoms with Crippen LogP contribution in [0.3, 0.4) is 0 Å². The first-order valence-corrected chi connectivity index (χ1v) is 7.29. The van der Waals surface area contributed by atoms with Crippen molar-refractivity contribution in [3.8, 4) is 0 Å². The fourth-order valence-corrected chi connectivity index (χ4v) is 3.04. The molecule has 0 saturated carbocycles. The zero-order valence-corrected chi connectivity index (χ0v) is 13.2. The van der Waals surface area contributed by atoms with Gasteiger partial charge in [-0.05, 0) is 0 Å². The minimum atomic E-state index is -1.21. The van der Waals surface area contributed by atoms with Gasteiger partial charge in [0.2, 0.25) is 5.95 Å². The van der Waals surface area contributed by atoms with Crippen LogP contribution in [0.1, 0.15) is 0 Å². The first-order chi connectivity index (χ1) is 10.9. The summed E-state index contributed by atoms with van der Waals surface area (Å²) >= 11 is 0. The molecule has 0 aromatic carbocycles. The van der Waals surface area contributed by atoms with Crippen molar-refractivity contribution in [2.45, 2.75) is 24.5 Å². The van der Waals surface area contributed by atoms with E-state index < -0.39 is 31.1 Å². The van der Waals surface area contributed by atoms with Crippen molar-refractivity contribution < 1.29 is 20.1 Å². The Labute approximate surface area is 132 Å². The lowest BCUT2D eigenvalue weighted by Crippen LogP contribution is -2.45. The lowest BCUT2D eigenvalue weighted by Gasteiger charge is -2.27. The first kappa shape index (κ1) is 16.0. The van der Waals surface area contributed by atoms with Crippen LogP contribution >= 0.6 is 0 Å². The maximum Gasteiger partial charge on any atom is 0.280 e. The van der Waals surface area contributed by atoms with Crippen molar-refractivity contribution in [3.63, 3.8) is 0 Å². The fraction of sp³-hybridized carbons (Fsp3) is 0.692. The molecule has 0 aliphatic carbocycles. The van der Waals surface area contributed by atoms with Gasteiger partial charge in [0.15, 0.2) is 12.0 Å². The summed E-state index contributed by atoms with van der Waals surface area (Å²) in [7, 11) is 5.01. The first-order valence-electron chi connectivity index (χ1n) is 7.29. The Bertz CT molecular complexity index is 665. The number of ether oxygens (including phenoxy) is 1. The molecule has 4 N–H and O–H groups in total. The molecule has 0 amide bonds. The molecule has 0 radical (unpaired) electrons. The number of nitrogens with one attached hydrogen (secondary N) is 1. The van der Waals surface area contributed by atoms with Crippen LogP contribution in [0.15, 0.2) is 4.79 Å². The van der Waals surface area contributed by atoms with Crippen LogP contribution in [0.5, 0.6) is 0 Å². The molecule has 0 unspecified atom stereocenters. The standard InChI is InChI=1S/C13H21N5O5/c1-14-13-15-10-7(11(22)17(13)3)16(2)5-18(10)12-9(21)8(20)6(4-19)23-12/h6,8-9,12,19-21H,4-5H2,1-3H3,(H,14,15)/t6-,8-,9-,12-/m1/s1. The molecule has 2 aliphatic heterocycles. The molecular formula is C13H21N5O5. The average Bonchev–Trinajstić information content (AvgIpc) is 3.01. The maximum absolute atomic E-state index is 12.5. The SMILES string of the molecule is CNc1nc2c(c(=O)n1C)N(C)CN2[C@@H]1O[C@H](CO)[C@@H](O)[C@H]1O. The maximum atomic E-state index is 12.5. The third-order valence-corrected chi connectivity index (χ3v) is 4.31. The van der Waals surface area contributed by atoms with E-state index in [-0.39, 0.29) is 12.2 Å². The molecule has 0 spiro atoms. The van der Waals surface area contributed by atoms with Crippen molar-refractivity contribution >= 4 is 17.5 Å². The monoisotopic (exact) mass is 327 g/mol. The molecule has 2 aliphatic rings. The average molecular weight is 327 g/mol. The second-order valence-corrected chi connectivity index (χ2v) is 5.76. The van der Waals surface area contributed by atoms with E-state index in [4.69, 9.17) is 4.74 Å². The van der Waals surface area contributed by atoms with E-state index in [2.05, 4.69) is 10.3 Å². The highest BCUT2D eigenvalue weighted by Crippen LogP contribution is 2.36. The Hall–Kier alpha value is -1.88. The number of hydrogen-bond donors (Lipinski definition) is 4. The third kappa shape index (κ3) is 2.26. The highest BCUT2D eigenvalue weighted by atomic mass is 16.6. The Morgan fingerprint density at radius 1 is 1.35 bits per heavy atom. The van der Waals surface area contributed by atoms with Gasteiger partial charge in [-0.1, -0.05) is 0 Å². The van der Waals surface area contributed by atoms with Gasteiger partial charge < -0.3 is 35.2 Å². The second kappa shape index (κ2) is 5.64. The molecule has 128 valence electrons. The lowest BCUT2D eigenvalue weighted by atomic mass is 10.1. The molecule has 3 rings (SSSR count). The minimum Gasteiger partial charge on any atom is -0.394 e. The number of aliphatic hydroxyl groups excluding tert-OH is 3. The Kier molecular flexibility index (Phi) is 3.92. The molecule has 4 atom stereocenters. The summed E-state index contributed by atoms with van der Waals surface area (Å²) in [6, 6.07) is 0. The van der Waals surface area contributed by atoms with Gasteiger partial charge in [-0.25, -0.2) is 0 Å². The zero-order valence-electron chi connectivity index (χ0n) is 13.2. The van der Waals surface area contributed by atoms with Crippen LogP contribution in [-0.2, 0) is 11.8 Å². The van der Waals surface area contributed by atoms with E-state index in [1.807, 2.05) is 0 Å². The van der Waals surface area contributed by atoms with Crippen molar-refractivity contribution in [2.24, 2.45) is 7.05 Å². The lowest BCUT2D eigenvalue weighted by molar-refractivity contribution is -0.0221. The highest BCUT2D eigenvalue weighted by Gasteiger charge is 2.48. The van der Waals surface area contributed by atoms with Crippen molar-refractivity contribution in [3.05, 3.63) is 10.4 Å². The third-order valence-electron chi connectivity index (χ3n) is 4.31. The molecule has 0 bridgehead atoms. The number of fused-ring (bicyclic) bond motifs is 1. The summed E-state index contributed by atoms with van der Waals surface area (Å²) in [4.78, 5) is 20.2. The van der Waals surface area contributed by atoms with E-state index >= 15 is 0 Å². The predicted octanol–water partition coefficient (Wildman–Crippen LogP) is -2.53. The normalized spacial score (nSPS) is 30.0. The molecule has 10 nitrogen and oxygen atoms in total. The number of hydrogen-bond acceptors (Lipinski definition) is 9. The van der Waals surface area contributed by atoms with Gasteiger partial charge in [0.05, 0.1) is 13.3 Å². The molecule has 1 aromatic heterocycles. The zero-order chi connectivity index (χ0) is 16.9. The van der Waals surface area contributed by atoms with Gasteiger partial charge in [-0.3, -0.25) is 9.36 Å². The Morgan fingerprint density at radius 3 is 2.61 bits per heavy atom. The molecule has 3 heterocycles. The summed E-state index contributed by atoms with van der Waals surface area (Å²) in [5.74, 6) is 0.746. The van der Waals surface area contributed by atoms with Crippen LogP contribution < -0.4 is 20.7 Å². The second-order valence-electron chi connectivity index (χ2n) is 5.76. The van der Waals surface area contributed by atoms with Gasteiger partial charge in [0.1, 0.15) is 24.0 Å². The van der Waals surface area contributed by atoms with E-state index in [9.17, 15) is 20.1 Å². The van der Waals surface area contributed by atoms with E-state index in [1.54, 1.807) is 30.9 Å². The van der Waals surface area contributed by atoms with Crippen molar-refractivity contribution in [1.29, 1.82) is 0 Å². The topological polar surface area (TPSA) is 123 Å². The number of rotatable bonds is 3. The van der Waals surface area contributed by atoms with Crippen LogP contribution in [0.4, 0.5) is 17.5 Å². The fourth-order valence-electron chi connectivity index (χ4n) is 3.04. The quantitative estimate of drug-likeness (QED) is 0.476. The summed E-state index contributed by atoms with van der Waals surface area (Å²) in [6.07, 6.45) is -4.18. The molecule has 1 saturated heterocycles.